The van der Waals surface area contributed by atoms with Crippen LogP contribution in [0.25, 0.3) is 5.69 Å². The van der Waals surface area contributed by atoms with E-state index in [9.17, 15) is 0 Å². The molecule has 2 aromatic rings. The Labute approximate surface area is 88.1 Å². The van der Waals surface area contributed by atoms with E-state index >= 15 is 0 Å². The Kier molecular flexibility index (Phi) is 1.88. The van der Waals surface area contributed by atoms with Crippen LogP contribution in [0.3, 0.4) is 0 Å². The van der Waals surface area contributed by atoms with Crippen LogP contribution in [0.4, 0.5) is 5.69 Å². The predicted octanol–water partition coefficient (Wildman–Crippen LogP) is 2.52. The van der Waals surface area contributed by atoms with Gasteiger partial charge in [-0.2, -0.15) is 5.10 Å². The average Bonchev–Trinajstić information content (AvgIpc) is 2.82. The van der Waals surface area contributed by atoms with E-state index in [0.717, 1.165) is 24.2 Å². The Hall–Kier alpha value is -1.90. The highest BCUT2D eigenvalue weighted by molar-refractivity contribution is 5.69. The predicted molar refractivity (Wildman–Crippen MR) is 60.0 cm³/mol. The van der Waals surface area contributed by atoms with Crippen molar-refractivity contribution < 1.29 is 0 Å². The molecule has 1 aromatic carbocycles. The summed E-state index contributed by atoms with van der Waals surface area (Å²) in [7, 11) is 0. The first-order chi connectivity index (χ1) is 7.43. The van der Waals surface area contributed by atoms with E-state index in [4.69, 9.17) is 0 Å². The molecule has 0 fully saturated rings. The van der Waals surface area contributed by atoms with Crippen LogP contribution in [-0.2, 0) is 6.42 Å². The van der Waals surface area contributed by atoms with Crippen molar-refractivity contribution in [3.05, 3.63) is 42.2 Å². The molecule has 0 atom stereocenters. The van der Waals surface area contributed by atoms with Crippen molar-refractivity contribution in [1.82, 2.24) is 9.78 Å². The minimum absolute atomic E-state index is 1.04. The third-order valence-electron chi connectivity index (χ3n) is 2.61. The van der Waals surface area contributed by atoms with Crippen molar-refractivity contribution in [3.63, 3.8) is 0 Å². The van der Waals surface area contributed by atoms with Gasteiger partial charge >= 0.3 is 0 Å². The number of hydrogen-bond donors (Lipinski definition) is 0. The quantitative estimate of drug-likeness (QED) is 0.690. The lowest BCUT2D eigenvalue weighted by Gasteiger charge is -2.11. The monoisotopic (exact) mass is 197 g/mol. The van der Waals surface area contributed by atoms with Gasteiger partial charge in [-0.25, -0.2) is 4.68 Å². The number of nitrogens with zero attached hydrogens (tertiary/aromatic N) is 3. The Morgan fingerprint density at radius 2 is 2.27 bits per heavy atom. The smallest absolute Gasteiger partial charge is 0.0659 e. The summed E-state index contributed by atoms with van der Waals surface area (Å²) < 4.78 is 1.87. The van der Waals surface area contributed by atoms with Crippen LogP contribution in [0.15, 0.2) is 41.7 Å². The Bertz CT molecular complexity index is 498. The van der Waals surface area contributed by atoms with Crippen LogP contribution in [0.5, 0.6) is 0 Å². The van der Waals surface area contributed by atoms with E-state index in [1.165, 1.54) is 5.56 Å². The Morgan fingerprint density at radius 3 is 3.13 bits per heavy atom. The SMILES string of the molecule is C1=Nc2ccc(-n3cccn3)cc2CC1. The zero-order valence-corrected chi connectivity index (χ0v) is 8.30. The largest absolute Gasteiger partial charge is 0.261 e. The molecule has 1 aliphatic rings. The van der Waals surface area contributed by atoms with Crippen molar-refractivity contribution in [2.45, 2.75) is 12.8 Å². The van der Waals surface area contributed by atoms with Crippen LogP contribution >= 0.6 is 0 Å². The maximum absolute atomic E-state index is 4.36. The summed E-state index contributed by atoms with van der Waals surface area (Å²) in [5.74, 6) is 0. The minimum Gasteiger partial charge on any atom is -0.261 e. The Balaban J connectivity index is 2.09. The fraction of sp³-hybridized carbons (Fsp3) is 0.167. The summed E-state index contributed by atoms with van der Waals surface area (Å²) >= 11 is 0. The van der Waals surface area contributed by atoms with Gasteiger partial charge in [0.05, 0.1) is 11.4 Å². The second-order valence-electron chi connectivity index (χ2n) is 3.61. The maximum atomic E-state index is 4.36. The lowest BCUT2D eigenvalue weighted by molar-refractivity contribution is 0.875. The van der Waals surface area contributed by atoms with Crippen LogP contribution in [0, 0.1) is 0 Å². The lowest BCUT2D eigenvalue weighted by Crippen LogP contribution is -1.98. The number of rotatable bonds is 1. The number of hydrogen-bond acceptors (Lipinski definition) is 2. The normalized spacial score (nSPS) is 13.9. The molecule has 0 N–H and O–H groups in total. The van der Waals surface area contributed by atoms with E-state index in [1.54, 1.807) is 6.20 Å². The molecule has 0 bridgehead atoms. The number of aromatic nitrogens is 2. The van der Waals surface area contributed by atoms with E-state index in [2.05, 4.69) is 28.3 Å². The summed E-state index contributed by atoms with van der Waals surface area (Å²) in [6.45, 7) is 0. The molecule has 3 heteroatoms. The molecule has 1 aromatic heterocycles. The lowest BCUT2D eigenvalue weighted by atomic mass is 10.0. The second-order valence-corrected chi connectivity index (χ2v) is 3.61. The zero-order chi connectivity index (χ0) is 10.1. The first kappa shape index (κ1) is 8.41. The molecule has 3 rings (SSSR count). The molecule has 2 heterocycles. The van der Waals surface area contributed by atoms with E-state index < -0.39 is 0 Å². The van der Waals surface area contributed by atoms with Gasteiger partial charge in [0.2, 0.25) is 0 Å². The Morgan fingerprint density at radius 1 is 1.27 bits per heavy atom. The third kappa shape index (κ3) is 1.46. The fourth-order valence-corrected chi connectivity index (χ4v) is 1.85. The molecule has 3 nitrogen and oxygen atoms in total. The van der Waals surface area contributed by atoms with Gasteiger partial charge in [-0.3, -0.25) is 4.99 Å². The first-order valence-electron chi connectivity index (χ1n) is 5.09. The van der Waals surface area contributed by atoms with Gasteiger partial charge in [0.15, 0.2) is 0 Å². The molecule has 74 valence electrons. The molecule has 0 saturated heterocycles. The van der Waals surface area contributed by atoms with E-state index in [-0.39, 0.29) is 0 Å². The number of fused-ring (bicyclic) bond motifs is 1. The van der Waals surface area contributed by atoms with Gasteiger partial charge in [0.1, 0.15) is 0 Å². The molecule has 15 heavy (non-hydrogen) atoms. The zero-order valence-electron chi connectivity index (χ0n) is 8.30. The van der Waals surface area contributed by atoms with Crippen LogP contribution in [0.1, 0.15) is 12.0 Å². The second kappa shape index (κ2) is 3.35. The topological polar surface area (TPSA) is 30.2 Å². The standard InChI is InChI=1S/C12H11N3/c1-3-10-9-11(15-8-2-7-14-15)4-5-12(10)13-6-1/h2,4-9H,1,3H2. The van der Waals surface area contributed by atoms with E-state index in [1.807, 2.05) is 23.2 Å². The number of aryl methyl sites for hydroxylation is 1. The molecule has 1 aliphatic heterocycles. The van der Waals surface area contributed by atoms with E-state index in [0.29, 0.717) is 0 Å². The summed E-state index contributed by atoms with van der Waals surface area (Å²) in [5.41, 5.74) is 3.51. The van der Waals surface area contributed by atoms with Gasteiger partial charge in [-0.15, -0.1) is 0 Å². The van der Waals surface area contributed by atoms with Crippen LogP contribution in [-0.4, -0.2) is 16.0 Å². The molecular formula is C12H11N3. The van der Waals surface area contributed by atoms with Crippen LogP contribution < -0.4 is 0 Å². The highest BCUT2D eigenvalue weighted by Crippen LogP contribution is 2.25. The van der Waals surface area contributed by atoms with Crippen LogP contribution in [0.2, 0.25) is 0 Å². The summed E-state index contributed by atoms with van der Waals surface area (Å²) in [6, 6.07) is 8.20. The van der Waals surface area contributed by atoms with Crippen molar-refractivity contribution >= 4 is 11.9 Å². The van der Waals surface area contributed by atoms with Gasteiger partial charge in [0.25, 0.3) is 0 Å². The van der Waals surface area contributed by atoms with Crippen molar-refractivity contribution in [2.75, 3.05) is 0 Å². The van der Waals surface area contributed by atoms with Crippen molar-refractivity contribution in [1.29, 1.82) is 0 Å². The summed E-state index contributed by atoms with van der Waals surface area (Å²) in [4.78, 5) is 4.36. The summed E-state index contributed by atoms with van der Waals surface area (Å²) in [6.07, 6.45) is 7.84. The highest BCUT2D eigenvalue weighted by Gasteiger charge is 2.06. The highest BCUT2D eigenvalue weighted by atomic mass is 15.3. The van der Waals surface area contributed by atoms with Gasteiger partial charge in [-0.05, 0) is 42.7 Å². The molecule has 0 amide bonds. The van der Waals surface area contributed by atoms with Crippen molar-refractivity contribution in [3.8, 4) is 5.69 Å². The van der Waals surface area contributed by atoms with Crippen molar-refractivity contribution in [2.24, 2.45) is 4.99 Å². The first-order valence-corrected chi connectivity index (χ1v) is 5.09. The summed E-state index contributed by atoms with van der Waals surface area (Å²) in [5, 5.41) is 4.21. The minimum atomic E-state index is 1.04. The van der Waals surface area contributed by atoms with Gasteiger partial charge in [0, 0.05) is 18.6 Å². The maximum Gasteiger partial charge on any atom is 0.0659 e. The number of benzene rings is 1. The molecule has 0 aliphatic carbocycles. The molecular weight excluding hydrogens is 186 g/mol. The average molecular weight is 197 g/mol. The molecule has 0 radical (unpaired) electrons. The molecule has 0 saturated carbocycles. The third-order valence-corrected chi connectivity index (χ3v) is 2.61. The van der Waals surface area contributed by atoms with Gasteiger partial charge in [-0.1, -0.05) is 0 Å². The number of aliphatic imine (C=N–C) groups is 1. The molecule has 0 spiro atoms. The van der Waals surface area contributed by atoms with Gasteiger partial charge < -0.3 is 0 Å². The molecule has 0 unspecified atom stereocenters. The fourth-order valence-electron chi connectivity index (χ4n) is 1.85.